The van der Waals surface area contributed by atoms with Crippen LogP contribution in [0.3, 0.4) is 0 Å². The summed E-state index contributed by atoms with van der Waals surface area (Å²) < 4.78 is 5.52. The fourth-order valence-corrected chi connectivity index (χ4v) is 2.18. The molecule has 2 aromatic carbocycles. The van der Waals surface area contributed by atoms with Crippen molar-refractivity contribution >= 4 is 34.8 Å². The first-order valence-electron chi connectivity index (χ1n) is 6.42. The number of amides is 1. The second-order valence-corrected chi connectivity index (χ2v) is 5.36. The van der Waals surface area contributed by atoms with Gasteiger partial charge in [-0.15, -0.1) is 0 Å². The van der Waals surface area contributed by atoms with E-state index in [0.29, 0.717) is 27.0 Å². The van der Waals surface area contributed by atoms with Crippen molar-refractivity contribution in [3.8, 4) is 11.8 Å². The number of nitrogens with one attached hydrogen (secondary N) is 1. The van der Waals surface area contributed by atoms with Gasteiger partial charge in [-0.2, -0.15) is 5.26 Å². The Kier molecular flexibility index (Phi) is 5.26. The van der Waals surface area contributed by atoms with Gasteiger partial charge in [0.15, 0.2) is 6.10 Å². The molecule has 0 heterocycles. The molecule has 0 aliphatic carbocycles. The molecule has 0 unspecified atom stereocenters. The van der Waals surface area contributed by atoms with Gasteiger partial charge >= 0.3 is 0 Å². The Morgan fingerprint density at radius 3 is 2.73 bits per heavy atom. The molecule has 2 aromatic rings. The quantitative estimate of drug-likeness (QED) is 0.907. The third-order valence-corrected chi connectivity index (χ3v) is 3.38. The van der Waals surface area contributed by atoms with E-state index in [1.54, 1.807) is 49.4 Å². The normalized spacial score (nSPS) is 11.4. The van der Waals surface area contributed by atoms with Crippen LogP contribution < -0.4 is 10.1 Å². The van der Waals surface area contributed by atoms with Gasteiger partial charge in [0.1, 0.15) is 5.75 Å². The van der Waals surface area contributed by atoms with Crippen LogP contribution in [0, 0.1) is 11.3 Å². The Morgan fingerprint density at radius 1 is 1.27 bits per heavy atom. The summed E-state index contributed by atoms with van der Waals surface area (Å²) >= 11 is 11.8. The lowest BCUT2D eigenvalue weighted by Crippen LogP contribution is -2.30. The van der Waals surface area contributed by atoms with E-state index in [9.17, 15) is 4.79 Å². The predicted octanol–water partition coefficient (Wildman–Crippen LogP) is 4.27. The van der Waals surface area contributed by atoms with E-state index >= 15 is 0 Å². The minimum Gasteiger partial charge on any atom is -0.481 e. The summed E-state index contributed by atoms with van der Waals surface area (Å²) in [4.78, 5) is 12.1. The summed E-state index contributed by atoms with van der Waals surface area (Å²) in [5, 5.41) is 12.3. The SMILES string of the molecule is C[C@H](Oc1cccc(C#N)c1)C(=O)Nc1ccc(Cl)cc1Cl. The van der Waals surface area contributed by atoms with Gasteiger partial charge in [-0.05, 0) is 43.3 Å². The number of benzene rings is 2. The minimum atomic E-state index is -0.749. The second kappa shape index (κ2) is 7.17. The van der Waals surface area contributed by atoms with Gasteiger partial charge in [-0.25, -0.2) is 0 Å². The third-order valence-electron chi connectivity index (χ3n) is 2.83. The van der Waals surface area contributed by atoms with Gasteiger partial charge < -0.3 is 10.1 Å². The number of carbonyl (C=O) groups is 1. The molecule has 0 saturated heterocycles. The van der Waals surface area contributed by atoms with Crippen molar-refractivity contribution in [1.29, 1.82) is 5.26 Å². The lowest BCUT2D eigenvalue weighted by atomic mass is 10.2. The number of nitrogens with zero attached hydrogens (tertiary/aromatic N) is 1. The number of halogens is 2. The molecule has 2 rings (SSSR count). The Balaban J connectivity index is 2.04. The molecule has 1 atom stereocenters. The molecule has 6 heteroatoms. The van der Waals surface area contributed by atoms with E-state index in [2.05, 4.69) is 5.32 Å². The van der Waals surface area contributed by atoms with Crippen molar-refractivity contribution < 1.29 is 9.53 Å². The van der Waals surface area contributed by atoms with Gasteiger partial charge in [-0.1, -0.05) is 29.3 Å². The van der Waals surface area contributed by atoms with E-state index in [4.69, 9.17) is 33.2 Å². The van der Waals surface area contributed by atoms with Gasteiger partial charge in [0, 0.05) is 5.02 Å². The largest absolute Gasteiger partial charge is 0.481 e. The fourth-order valence-electron chi connectivity index (χ4n) is 1.72. The molecular formula is C16H12Cl2N2O2. The van der Waals surface area contributed by atoms with E-state index in [-0.39, 0.29) is 5.91 Å². The number of anilines is 1. The van der Waals surface area contributed by atoms with Crippen molar-refractivity contribution in [3.63, 3.8) is 0 Å². The standard InChI is InChI=1S/C16H12Cl2N2O2/c1-10(22-13-4-2-3-11(7-13)9-19)16(21)20-15-6-5-12(17)8-14(15)18/h2-8,10H,1H3,(H,20,21)/t10-/m0/s1. The van der Waals surface area contributed by atoms with Crippen LogP contribution in [0.25, 0.3) is 0 Å². The first-order chi connectivity index (χ1) is 10.5. The monoisotopic (exact) mass is 334 g/mol. The Hall–Kier alpha value is -2.22. The zero-order valence-electron chi connectivity index (χ0n) is 11.6. The van der Waals surface area contributed by atoms with Crippen molar-refractivity contribution in [2.75, 3.05) is 5.32 Å². The third kappa shape index (κ3) is 4.14. The summed E-state index contributed by atoms with van der Waals surface area (Å²) in [5.41, 5.74) is 0.920. The molecular weight excluding hydrogens is 323 g/mol. The number of ether oxygens (including phenoxy) is 1. The smallest absolute Gasteiger partial charge is 0.265 e. The molecule has 22 heavy (non-hydrogen) atoms. The number of nitriles is 1. The zero-order chi connectivity index (χ0) is 16.1. The average Bonchev–Trinajstić information content (AvgIpc) is 2.50. The van der Waals surface area contributed by atoms with Crippen LogP contribution in [0.1, 0.15) is 12.5 Å². The maximum Gasteiger partial charge on any atom is 0.265 e. The van der Waals surface area contributed by atoms with Crippen molar-refractivity contribution in [2.45, 2.75) is 13.0 Å². The average molecular weight is 335 g/mol. The highest BCUT2D eigenvalue weighted by Crippen LogP contribution is 2.25. The predicted molar refractivity (Wildman–Crippen MR) is 86.3 cm³/mol. The Morgan fingerprint density at radius 2 is 2.05 bits per heavy atom. The molecule has 0 bridgehead atoms. The molecule has 0 fully saturated rings. The summed E-state index contributed by atoms with van der Waals surface area (Å²) in [6, 6.07) is 13.4. The van der Waals surface area contributed by atoms with Crippen LogP contribution in [-0.4, -0.2) is 12.0 Å². The lowest BCUT2D eigenvalue weighted by Gasteiger charge is -2.15. The first kappa shape index (κ1) is 16.2. The molecule has 0 aliphatic rings. The molecule has 0 radical (unpaired) electrons. The number of carbonyl (C=O) groups excluding carboxylic acids is 1. The maximum atomic E-state index is 12.1. The van der Waals surface area contributed by atoms with E-state index in [1.165, 1.54) is 0 Å². The highest BCUT2D eigenvalue weighted by Gasteiger charge is 2.16. The minimum absolute atomic E-state index is 0.347. The van der Waals surface area contributed by atoms with Crippen molar-refractivity contribution in [1.82, 2.24) is 0 Å². The highest BCUT2D eigenvalue weighted by molar-refractivity contribution is 6.36. The highest BCUT2D eigenvalue weighted by atomic mass is 35.5. The Bertz CT molecular complexity index is 741. The van der Waals surface area contributed by atoms with Crippen LogP contribution in [0.15, 0.2) is 42.5 Å². The molecule has 1 N–H and O–H groups in total. The van der Waals surface area contributed by atoms with E-state index < -0.39 is 6.10 Å². The molecule has 0 aliphatic heterocycles. The molecule has 0 aromatic heterocycles. The van der Waals surface area contributed by atoms with Crippen molar-refractivity contribution in [3.05, 3.63) is 58.1 Å². The van der Waals surface area contributed by atoms with Crippen LogP contribution in [-0.2, 0) is 4.79 Å². The summed E-state index contributed by atoms with van der Waals surface area (Å²) in [7, 11) is 0. The lowest BCUT2D eigenvalue weighted by molar-refractivity contribution is -0.122. The van der Waals surface area contributed by atoms with Gasteiger partial charge in [0.2, 0.25) is 0 Å². The van der Waals surface area contributed by atoms with E-state index in [1.807, 2.05) is 6.07 Å². The molecule has 112 valence electrons. The Labute approximate surface area is 138 Å². The summed E-state index contributed by atoms with van der Waals surface area (Å²) in [5.74, 6) is 0.0930. The number of hydrogen-bond acceptors (Lipinski definition) is 3. The maximum absolute atomic E-state index is 12.1. The number of hydrogen-bond donors (Lipinski definition) is 1. The topological polar surface area (TPSA) is 62.1 Å². The molecule has 4 nitrogen and oxygen atoms in total. The molecule has 0 saturated carbocycles. The first-order valence-corrected chi connectivity index (χ1v) is 7.18. The summed E-state index contributed by atoms with van der Waals surface area (Å²) in [6.07, 6.45) is -0.749. The zero-order valence-corrected chi connectivity index (χ0v) is 13.2. The molecule has 0 spiro atoms. The van der Waals surface area contributed by atoms with Crippen LogP contribution in [0.4, 0.5) is 5.69 Å². The van der Waals surface area contributed by atoms with Crippen LogP contribution in [0.2, 0.25) is 10.0 Å². The van der Waals surface area contributed by atoms with Gasteiger partial charge in [0.25, 0.3) is 5.91 Å². The van der Waals surface area contributed by atoms with E-state index in [0.717, 1.165) is 0 Å². The number of rotatable bonds is 4. The van der Waals surface area contributed by atoms with Crippen molar-refractivity contribution in [2.24, 2.45) is 0 Å². The van der Waals surface area contributed by atoms with Gasteiger partial charge in [-0.3, -0.25) is 4.79 Å². The fraction of sp³-hybridized carbons (Fsp3) is 0.125. The molecule has 1 amide bonds. The second-order valence-electron chi connectivity index (χ2n) is 4.51. The van der Waals surface area contributed by atoms with Crippen LogP contribution in [0.5, 0.6) is 5.75 Å². The summed E-state index contributed by atoms with van der Waals surface area (Å²) in [6.45, 7) is 1.61. The van der Waals surface area contributed by atoms with Gasteiger partial charge in [0.05, 0.1) is 22.3 Å². The van der Waals surface area contributed by atoms with Crippen LogP contribution >= 0.6 is 23.2 Å².